The lowest BCUT2D eigenvalue weighted by molar-refractivity contribution is -0.131. The number of nitrogens with zero attached hydrogens (tertiary/aromatic N) is 2. The Kier molecular flexibility index (Phi) is 4.17. The molecule has 1 aliphatic heterocycles. The molecule has 2 unspecified atom stereocenters. The van der Waals surface area contributed by atoms with E-state index in [-0.39, 0.29) is 5.91 Å². The van der Waals surface area contributed by atoms with Crippen molar-refractivity contribution in [2.75, 3.05) is 13.1 Å². The molecule has 1 aromatic rings. The summed E-state index contributed by atoms with van der Waals surface area (Å²) in [5.74, 6) is -0.137. The first-order valence-corrected chi connectivity index (χ1v) is 6.63. The molecule has 106 valence electrons. The zero-order valence-corrected chi connectivity index (χ0v) is 11.6. The number of hydrogen-bond donors (Lipinski definition) is 1. The van der Waals surface area contributed by atoms with Gasteiger partial charge in [-0.05, 0) is 24.0 Å². The minimum atomic E-state index is -1.05. The van der Waals surface area contributed by atoms with Crippen LogP contribution in [0.15, 0.2) is 24.5 Å². The van der Waals surface area contributed by atoms with Crippen LogP contribution in [0.1, 0.15) is 29.8 Å². The van der Waals surface area contributed by atoms with Gasteiger partial charge >= 0.3 is 5.97 Å². The van der Waals surface area contributed by atoms with Gasteiger partial charge in [0.25, 0.3) is 5.91 Å². The first kappa shape index (κ1) is 14.2. The lowest BCUT2D eigenvalue weighted by atomic mass is 10.0. The molecule has 5 nitrogen and oxygen atoms in total. The van der Waals surface area contributed by atoms with Crippen molar-refractivity contribution in [3.05, 3.63) is 35.7 Å². The van der Waals surface area contributed by atoms with Crippen LogP contribution in [0.5, 0.6) is 0 Å². The largest absolute Gasteiger partial charge is 0.478 e. The molecule has 0 bridgehead atoms. The number of aliphatic carboxylic acids is 1. The number of carbonyl (C=O) groups excluding carboxylic acids is 1. The Balaban J connectivity index is 2.24. The van der Waals surface area contributed by atoms with Crippen molar-refractivity contribution >= 4 is 18.0 Å². The number of amides is 1. The molecule has 1 amide bonds. The molecular weight excluding hydrogens is 256 g/mol. The normalized spacial score (nSPS) is 22.4. The Hall–Kier alpha value is -2.17. The van der Waals surface area contributed by atoms with Crippen LogP contribution in [0.3, 0.4) is 0 Å². The van der Waals surface area contributed by atoms with E-state index in [0.717, 1.165) is 19.2 Å². The van der Waals surface area contributed by atoms with E-state index in [1.165, 1.54) is 12.3 Å². The van der Waals surface area contributed by atoms with E-state index in [9.17, 15) is 9.59 Å². The Bertz CT molecular complexity index is 544. The van der Waals surface area contributed by atoms with Gasteiger partial charge in [-0.15, -0.1) is 0 Å². The van der Waals surface area contributed by atoms with Gasteiger partial charge in [0.1, 0.15) is 0 Å². The van der Waals surface area contributed by atoms with Gasteiger partial charge in [-0.2, -0.15) is 0 Å². The SMILES string of the molecule is CC1CN(C(=O)c2ccncc2C=CC(=O)O)CC1C. The summed E-state index contributed by atoms with van der Waals surface area (Å²) in [5, 5.41) is 8.68. The number of carboxylic acid groups (broad SMARTS) is 1. The second-order valence-electron chi connectivity index (χ2n) is 5.30. The van der Waals surface area contributed by atoms with E-state index in [1.807, 2.05) is 4.90 Å². The van der Waals surface area contributed by atoms with E-state index < -0.39 is 5.97 Å². The van der Waals surface area contributed by atoms with Gasteiger partial charge in [0.15, 0.2) is 0 Å². The predicted molar refractivity (Wildman–Crippen MR) is 75.1 cm³/mol. The van der Waals surface area contributed by atoms with Crippen molar-refractivity contribution in [2.45, 2.75) is 13.8 Å². The summed E-state index contributed by atoms with van der Waals surface area (Å²) in [7, 11) is 0. The average Bonchev–Trinajstić information content (AvgIpc) is 2.76. The molecule has 2 rings (SSSR count). The first-order chi connectivity index (χ1) is 9.49. The Morgan fingerprint density at radius 3 is 2.60 bits per heavy atom. The van der Waals surface area contributed by atoms with Crippen LogP contribution in [-0.2, 0) is 4.79 Å². The Labute approximate surface area is 117 Å². The van der Waals surface area contributed by atoms with Crippen LogP contribution in [-0.4, -0.2) is 40.0 Å². The van der Waals surface area contributed by atoms with Gasteiger partial charge in [-0.1, -0.05) is 13.8 Å². The number of carboxylic acids is 1. The minimum Gasteiger partial charge on any atom is -0.478 e. The molecule has 0 saturated carbocycles. The molecular formula is C15H18N2O3. The van der Waals surface area contributed by atoms with Gasteiger partial charge in [0.2, 0.25) is 0 Å². The number of hydrogen-bond acceptors (Lipinski definition) is 3. The van der Waals surface area contributed by atoms with E-state index >= 15 is 0 Å². The second-order valence-corrected chi connectivity index (χ2v) is 5.30. The number of rotatable bonds is 3. The maximum absolute atomic E-state index is 12.5. The molecule has 5 heteroatoms. The quantitative estimate of drug-likeness (QED) is 0.855. The van der Waals surface area contributed by atoms with Crippen LogP contribution in [0.4, 0.5) is 0 Å². The van der Waals surface area contributed by atoms with E-state index in [4.69, 9.17) is 5.11 Å². The molecule has 0 aromatic carbocycles. The summed E-state index contributed by atoms with van der Waals surface area (Å²) in [6.45, 7) is 5.75. The van der Waals surface area contributed by atoms with Gasteiger partial charge in [-0.3, -0.25) is 9.78 Å². The lowest BCUT2D eigenvalue weighted by Crippen LogP contribution is -2.29. The zero-order valence-electron chi connectivity index (χ0n) is 11.6. The summed E-state index contributed by atoms with van der Waals surface area (Å²) < 4.78 is 0. The van der Waals surface area contributed by atoms with Crippen molar-refractivity contribution < 1.29 is 14.7 Å². The Morgan fingerprint density at radius 1 is 1.35 bits per heavy atom. The summed E-state index contributed by atoms with van der Waals surface area (Å²) >= 11 is 0. The summed E-state index contributed by atoms with van der Waals surface area (Å²) in [4.78, 5) is 28.9. The fourth-order valence-electron chi connectivity index (χ4n) is 2.36. The summed E-state index contributed by atoms with van der Waals surface area (Å²) in [5.41, 5.74) is 1.03. The molecule has 0 aliphatic carbocycles. The van der Waals surface area contributed by atoms with E-state index in [0.29, 0.717) is 23.0 Å². The van der Waals surface area contributed by atoms with Gasteiger partial charge < -0.3 is 10.0 Å². The van der Waals surface area contributed by atoms with Crippen molar-refractivity contribution in [1.29, 1.82) is 0 Å². The fourth-order valence-corrected chi connectivity index (χ4v) is 2.36. The smallest absolute Gasteiger partial charge is 0.328 e. The molecule has 1 N–H and O–H groups in total. The third-order valence-corrected chi connectivity index (χ3v) is 3.76. The van der Waals surface area contributed by atoms with Crippen LogP contribution < -0.4 is 0 Å². The van der Waals surface area contributed by atoms with Gasteiger partial charge in [0, 0.05) is 42.7 Å². The molecule has 1 fully saturated rings. The van der Waals surface area contributed by atoms with Gasteiger partial charge in [0.05, 0.1) is 0 Å². The van der Waals surface area contributed by atoms with Crippen LogP contribution in [0.25, 0.3) is 6.08 Å². The molecule has 1 aliphatic rings. The highest BCUT2D eigenvalue weighted by Gasteiger charge is 2.30. The van der Waals surface area contributed by atoms with Crippen LogP contribution in [0, 0.1) is 11.8 Å². The van der Waals surface area contributed by atoms with E-state index in [2.05, 4.69) is 18.8 Å². The van der Waals surface area contributed by atoms with Crippen LogP contribution >= 0.6 is 0 Å². The number of pyridine rings is 1. The molecule has 20 heavy (non-hydrogen) atoms. The summed E-state index contributed by atoms with van der Waals surface area (Å²) in [6, 6.07) is 1.64. The molecule has 2 atom stereocenters. The minimum absolute atomic E-state index is 0.0614. The van der Waals surface area contributed by atoms with Crippen molar-refractivity contribution in [3.63, 3.8) is 0 Å². The standard InChI is InChI=1S/C15H18N2O3/c1-10-8-17(9-11(10)2)15(20)13-5-6-16-7-12(13)3-4-14(18)19/h3-7,10-11H,8-9H2,1-2H3,(H,18,19). The highest BCUT2D eigenvalue weighted by molar-refractivity contribution is 5.98. The molecule has 0 radical (unpaired) electrons. The monoisotopic (exact) mass is 274 g/mol. The lowest BCUT2D eigenvalue weighted by Gasteiger charge is -2.17. The summed E-state index contributed by atoms with van der Waals surface area (Å²) in [6.07, 6.45) is 5.48. The number of likely N-dealkylation sites (tertiary alicyclic amines) is 1. The average molecular weight is 274 g/mol. The highest BCUT2D eigenvalue weighted by Crippen LogP contribution is 2.24. The zero-order chi connectivity index (χ0) is 14.7. The highest BCUT2D eigenvalue weighted by atomic mass is 16.4. The third-order valence-electron chi connectivity index (χ3n) is 3.76. The van der Waals surface area contributed by atoms with Crippen molar-refractivity contribution in [1.82, 2.24) is 9.88 Å². The third kappa shape index (κ3) is 3.04. The maximum Gasteiger partial charge on any atom is 0.328 e. The topological polar surface area (TPSA) is 70.5 Å². The Morgan fingerprint density at radius 2 is 2.00 bits per heavy atom. The fraction of sp³-hybridized carbons (Fsp3) is 0.400. The molecule has 1 aromatic heterocycles. The predicted octanol–water partition coefficient (Wildman–Crippen LogP) is 1.91. The van der Waals surface area contributed by atoms with Gasteiger partial charge in [-0.25, -0.2) is 4.79 Å². The first-order valence-electron chi connectivity index (χ1n) is 6.63. The molecule has 2 heterocycles. The molecule has 1 saturated heterocycles. The number of carbonyl (C=O) groups is 2. The maximum atomic E-state index is 12.5. The second kappa shape index (κ2) is 5.86. The van der Waals surface area contributed by atoms with Crippen LogP contribution in [0.2, 0.25) is 0 Å². The van der Waals surface area contributed by atoms with Crippen molar-refractivity contribution in [3.8, 4) is 0 Å². The molecule has 0 spiro atoms. The van der Waals surface area contributed by atoms with E-state index in [1.54, 1.807) is 12.3 Å². The number of aromatic nitrogens is 1. The van der Waals surface area contributed by atoms with Crippen molar-refractivity contribution in [2.24, 2.45) is 11.8 Å².